The maximum Gasteiger partial charge on any atom is 0.352 e. The lowest BCUT2D eigenvalue weighted by atomic mass is 10.0. The highest BCUT2D eigenvalue weighted by molar-refractivity contribution is 8.00. The molecule has 2 unspecified atom stereocenters. The fraction of sp³-hybridized carbons (Fsp3) is 0.250. The lowest BCUT2D eigenvalue weighted by Gasteiger charge is -2.49. The number of carboxylic acid groups (broad SMARTS) is 1. The second-order valence-electron chi connectivity index (χ2n) is 7.76. The zero-order valence-electron chi connectivity index (χ0n) is 17.4. The van der Waals surface area contributed by atoms with Crippen LogP contribution in [-0.4, -0.2) is 50.7 Å². The summed E-state index contributed by atoms with van der Waals surface area (Å²) in [5.41, 5.74) is 3.21. The first-order valence-electron chi connectivity index (χ1n) is 10.2. The van der Waals surface area contributed by atoms with Gasteiger partial charge in [-0.25, -0.2) is 4.79 Å². The molecule has 7 nitrogen and oxygen atoms in total. The number of nitrogens with one attached hydrogen (secondary N) is 1. The maximum absolute atomic E-state index is 12.5. The Morgan fingerprint density at radius 3 is 2.34 bits per heavy atom. The van der Waals surface area contributed by atoms with Crippen molar-refractivity contribution in [3.63, 3.8) is 0 Å². The monoisotopic (exact) mass is 450 g/mol. The van der Waals surface area contributed by atoms with Crippen LogP contribution in [0.4, 0.5) is 0 Å². The fourth-order valence-electron chi connectivity index (χ4n) is 3.87. The number of nitrogens with zero attached hydrogens (tertiary/aromatic N) is 1. The second kappa shape index (κ2) is 9.00. The van der Waals surface area contributed by atoms with E-state index in [9.17, 15) is 24.3 Å². The molecule has 0 saturated carbocycles. The van der Waals surface area contributed by atoms with Crippen molar-refractivity contribution in [3.8, 4) is 11.1 Å². The van der Waals surface area contributed by atoms with Crippen molar-refractivity contribution in [3.05, 3.63) is 71.4 Å². The van der Waals surface area contributed by atoms with Crippen LogP contribution in [-0.2, 0) is 14.4 Å². The first-order valence-corrected chi connectivity index (χ1v) is 11.3. The third-order valence-corrected chi connectivity index (χ3v) is 7.00. The maximum atomic E-state index is 12.5. The number of amides is 2. The normalized spacial score (nSPS) is 19.8. The van der Waals surface area contributed by atoms with Gasteiger partial charge < -0.3 is 10.4 Å². The minimum absolute atomic E-state index is 0.00150. The molecule has 2 aromatic carbocycles. The number of carbonyl (C=O) groups is 4. The number of thioether (sulfide) groups is 1. The minimum atomic E-state index is -1.14. The summed E-state index contributed by atoms with van der Waals surface area (Å²) in [6.45, 7) is 1.68. The summed E-state index contributed by atoms with van der Waals surface area (Å²) in [5.74, 6) is -1.65. The van der Waals surface area contributed by atoms with E-state index in [2.05, 4.69) is 5.32 Å². The van der Waals surface area contributed by atoms with E-state index in [1.165, 1.54) is 16.7 Å². The summed E-state index contributed by atoms with van der Waals surface area (Å²) in [6.07, 6.45) is -0.0145. The standard InChI is InChI=1S/C24H22N2O5S/c1-14-13-32-23-20(22(29)26(23)21(14)24(30)31)25-19(28)12-11-18(27)17-9-7-16(8-10-17)15-5-3-2-4-6-15/h2-10,20,23H,11-13H2,1H3,(H,25,28)(H,30,31). The number of aliphatic carboxylic acids is 1. The van der Waals surface area contributed by atoms with Crippen LogP contribution in [0.2, 0.25) is 0 Å². The first kappa shape index (κ1) is 21.8. The molecular formula is C24H22N2O5S. The largest absolute Gasteiger partial charge is 0.477 e. The highest BCUT2D eigenvalue weighted by atomic mass is 32.2. The van der Waals surface area contributed by atoms with Crippen LogP contribution in [0.15, 0.2) is 65.9 Å². The Kier molecular flexibility index (Phi) is 6.14. The number of benzene rings is 2. The number of rotatable bonds is 7. The van der Waals surface area contributed by atoms with Crippen LogP contribution in [0.25, 0.3) is 11.1 Å². The third kappa shape index (κ3) is 4.18. The molecule has 2 heterocycles. The van der Waals surface area contributed by atoms with Crippen LogP contribution < -0.4 is 5.32 Å². The average molecular weight is 451 g/mol. The van der Waals surface area contributed by atoms with Crippen LogP contribution in [0, 0.1) is 0 Å². The van der Waals surface area contributed by atoms with E-state index in [1.54, 1.807) is 19.1 Å². The molecule has 2 aromatic rings. The zero-order chi connectivity index (χ0) is 22.8. The zero-order valence-corrected chi connectivity index (χ0v) is 18.2. The lowest BCUT2D eigenvalue weighted by Crippen LogP contribution is -2.70. The molecule has 1 saturated heterocycles. The highest BCUT2D eigenvalue weighted by Crippen LogP contribution is 2.40. The minimum Gasteiger partial charge on any atom is -0.477 e. The Balaban J connectivity index is 1.31. The van der Waals surface area contributed by atoms with Crippen molar-refractivity contribution in [2.45, 2.75) is 31.2 Å². The molecule has 8 heteroatoms. The van der Waals surface area contributed by atoms with Gasteiger partial charge in [-0.2, -0.15) is 0 Å². The van der Waals surface area contributed by atoms with Crippen molar-refractivity contribution in [1.82, 2.24) is 10.2 Å². The molecule has 2 atom stereocenters. The van der Waals surface area contributed by atoms with Gasteiger partial charge in [-0.05, 0) is 23.6 Å². The van der Waals surface area contributed by atoms with Gasteiger partial charge in [-0.15, -0.1) is 11.8 Å². The van der Waals surface area contributed by atoms with E-state index in [-0.39, 0.29) is 24.3 Å². The number of Topliss-reactive ketones (excluding diaryl/α,β-unsaturated/α-hetero) is 1. The predicted octanol–water partition coefficient (Wildman–Crippen LogP) is 3.08. The van der Waals surface area contributed by atoms with Crippen LogP contribution >= 0.6 is 11.8 Å². The van der Waals surface area contributed by atoms with Gasteiger partial charge >= 0.3 is 5.97 Å². The van der Waals surface area contributed by atoms with E-state index in [0.717, 1.165) is 11.1 Å². The van der Waals surface area contributed by atoms with Gasteiger partial charge in [0.25, 0.3) is 5.91 Å². The number of hydrogen-bond acceptors (Lipinski definition) is 5. The predicted molar refractivity (Wildman–Crippen MR) is 121 cm³/mol. The van der Waals surface area contributed by atoms with E-state index >= 15 is 0 Å². The Hall–Kier alpha value is -3.39. The van der Waals surface area contributed by atoms with Crippen LogP contribution in [0.3, 0.4) is 0 Å². The Bertz CT molecular complexity index is 1110. The molecule has 2 aliphatic heterocycles. The summed E-state index contributed by atoms with van der Waals surface area (Å²) in [7, 11) is 0. The van der Waals surface area contributed by atoms with Gasteiger partial charge in [0.05, 0.1) is 0 Å². The second-order valence-corrected chi connectivity index (χ2v) is 8.86. The molecule has 32 heavy (non-hydrogen) atoms. The summed E-state index contributed by atoms with van der Waals surface area (Å²) in [4.78, 5) is 50.0. The number of β-lactam (4-membered cyclic amide) rings is 1. The molecule has 2 aliphatic rings. The number of carboxylic acids is 1. The number of carbonyl (C=O) groups excluding carboxylic acids is 3. The molecule has 4 rings (SSSR count). The van der Waals surface area contributed by atoms with Crippen LogP contribution in [0.1, 0.15) is 30.1 Å². The Labute approximate surface area is 189 Å². The van der Waals surface area contributed by atoms with Crippen molar-refractivity contribution in [1.29, 1.82) is 0 Å². The third-order valence-electron chi connectivity index (χ3n) is 5.57. The molecular weight excluding hydrogens is 428 g/mol. The topological polar surface area (TPSA) is 104 Å². The van der Waals surface area contributed by atoms with E-state index in [0.29, 0.717) is 16.9 Å². The number of hydrogen-bond donors (Lipinski definition) is 2. The molecule has 164 valence electrons. The Morgan fingerprint density at radius 2 is 1.69 bits per heavy atom. The average Bonchev–Trinajstić information content (AvgIpc) is 2.81. The van der Waals surface area contributed by atoms with Crippen molar-refractivity contribution < 1.29 is 24.3 Å². The lowest BCUT2D eigenvalue weighted by molar-refractivity contribution is -0.150. The van der Waals surface area contributed by atoms with Crippen LogP contribution in [0.5, 0.6) is 0 Å². The Morgan fingerprint density at radius 1 is 1.03 bits per heavy atom. The van der Waals surface area contributed by atoms with Gasteiger partial charge in [0, 0.05) is 24.2 Å². The number of fused-ring (bicyclic) bond motifs is 1. The van der Waals surface area contributed by atoms with Gasteiger partial charge in [0.1, 0.15) is 17.1 Å². The quantitative estimate of drug-likeness (QED) is 0.496. The fourth-order valence-corrected chi connectivity index (χ4v) is 5.16. The highest BCUT2D eigenvalue weighted by Gasteiger charge is 2.53. The smallest absolute Gasteiger partial charge is 0.352 e. The van der Waals surface area contributed by atoms with Crippen molar-refractivity contribution >= 4 is 35.3 Å². The van der Waals surface area contributed by atoms with E-state index < -0.39 is 29.2 Å². The summed E-state index contributed by atoms with van der Waals surface area (Å²) in [5, 5.41) is 11.6. The van der Waals surface area contributed by atoms with Crippen molar-refractivity contribution in [2.24, 2.45) is 0 Å². The summed E-state index contributed by atoms with van der Waals surface area (Å²) >= 11 is 1.42. The molecule has 0 spiro atoms. The molecule has 0 radical (unpaired) electrons. The molecule has 2 N–H and O–H groups in total. The van der Waals surface area contributed by atoms with E-state index in [4.69, 9.17) is 0 Å². The van der Waals surface area contributed by atoms with Gasteiger partial charge in [-0.1, -0.05) is 54.6 Å². The first-order chi connectivity index (χ1) is 15.4. The van der Waals surface area contributed by atoms with Gasteiger partial charge in [0.15, 0.2) is 5.78 Å². The van der Waals surface area contributed by atoms with Gasteiger partial charge in [-0.3, -0.25) is 19.3 Å². The summed E-state index contributed by atoms with van der Waals surface area (Å²) < 4.78 is 0. The van der Waals surface area contributed by atoms with Gasteiger partial charge in [0.2, 0.25) is 5.91 Å². The molecule has 0 aromatic heterocycles. The molecule has 2 amide bonds. The van der Waals surface area contributed by atoms with Crippen molar-refractivity contribution in [2.75, 3.05) is 5.75 Å². The SMILES string of the molecule is CC1=C(C(=O)O)N2C(=O)C(NC(=O)CCC(=O)c3ccc(-c4ccccc4)cc3)C2SC1. The molecule has 0 aliphatic carbocycles. The molecule has 1 fully saturated rings. The number of ketones is 1. The molecule has 0 bridgehead atoms. The summed E-state index contributed by atoms with van der Waals surface area (Å²) in [6, 6.07) is 16.3. The van der Waals surface area contributed by atoms with E-state index in [1.807, 2.05) is 42.5 Å².